The Bertz CT molecular complexity index is 788. The quantitative estimate of drug-likeness (QED) is 0.708. The van der Waals surface area contributed by atoms with Gasteiger partial charge in [0.25, 0.3) is 0 Å². The summed E-state index contributed by atoms with van der Waals surface area (Å²) in [5, 5.41) is 15.1. The van der Waals surface area contributed by atoms with E-state index in [4.69, 9.17) is 5.11 Å². The van der Waals surface area contributed by atoms with Gasteiger partial charge in [-0.05, 0) is 36.4 Å². The Morgan fingerprint density at radius 3 is 2.46 bits per heavy atom. The number of carboxylic acids is 1. The van der Waals surface area contributed by atoms with Gasteiger partial charge in [0.05, 0.1) is 17.6 Å². The van der Waals surface area contributed by atoms with Crippen LogP contribution in [0.3, 0.4) is 0 Å². The second-order valence-electron chi connectivity index (χ2n) is 5.27. The van der Waals surface area contributed by atoms with E-state index >= 15 is 0 Å². The highest BCUT2D eigenvalue weighted by Gasteiger charge is 2.40. The van der Waals surface area contributed by atoms with Gasteiger partial charge in [0, 0.05) is 5.69 Å². The Balaban J connectivity index is 2.21. The topological polar surface area (TPSA) is 84.2 Å². The fraction of sp³-hybridized carbons (Fsp3) is 0.312. The zero-order chi connectivity index (χ0) is 19.3. The van der Waals surface area contributed by atoms with Crippen molar-refractivity contribution >= 4 is 29.3 Å². The van der Waals surface area contributed by atoms with E-state index < -0.39 is 23.4 Å². The number of nitrogens with zero attached hydrogens (tertiary/aromatic N) is 2. The number of benzene rings is 1. The van der Waals surface area contributed by atoms with Crippen molar-refractivity contribution in [3.63, 3.8) is 0 Å². The van der Waals surface area contributed by atoms with E-state index in [0.29, 0.717) is 16.6 Å². The molecule has 0 atom stereocenters. The highest BCUT2D eigenvalue weighted by molar-refractivity contribution is 7.99. The van der Waals surface area contributed by atoms with Crippen molar-refractivity contribution in [1.82, 2.24) is 9.78 Å². The molecule has 0 unspecified atom stereocenters. The van der Waals surface area contributed by atoms with Crippen molar-refractivity contribution in [3.05, 3.63) is 41.7 Å². The SMILES string of the molecule is CCCSCC(=O)Nc1ccc(-n2ncc(C(=O)O)c2C(F)(F)F)cc1. The number of carbonyl (C=O) groups excluding carboxylic acids is 1. The third-order valence-electron chi connectivity index (χ3n) is 3.25. The van der Waals surface area contributed by atoms with Gasteiger partial charge in [-0.1, -0.05) is 6.92 Å². The van der Waals surface area contributed by atoms with Crippen LogP contribution in [-0.4, -0.2) is 38.3 Å². The van der Waals surface area contributed by atoms with E-state index in [1.807, 2.05) is 6.92 Å². The molecule has 0 aliphatic heterocycles. The third-order valence-corrected chi connectivity index (χ3v) is 4.41. The molecule has 1 heterocycles. The predicted octanol–water partition coefficient (Wildman–Crippen LogP) is 3.67. The average molecular weight is 387 g/mol. The molecule has 1 aromatic heterocycles. The van der Waals surface area contributed by atoms with Gasteiger partial charge in [0.15, 0.2) is 5.69 Å². The van der Waals surface area contributed by atoms with Crippen molar-refractivity contribution in [2.75, 3.05) is 16.8 Å². The molecule has 140 valence electrons. The smallest absolute Gasteiger partial charge is 0.434 e. The van der Waals surface area contributed by atoms with Crippen molar-refractivity contribution in [3.8, 4) is 5.69 Å². The molecule has 0 aliphatic carbocycles. The zero-order valence-corrected chi connectivity index (χ0v) is 14.5. The standard InChI is InChI=1S/C16H16F3N3O3S/c1-2-7-26-9-13(23)21-10-3-5-11(6-4-10)22-14(16(17,18)19)12(8-20-22)15(24)25/h3-6,8H,2,7,9H2,1H3,(H,21,23)(H,24,25). The van der Waals surface area contributed by atoms with E-state index in [1.165, 1.54) is 36.0 Å². The summed E-state index contributed by atoms with van der Waals surface area (Å²) in [6.07, 6.45) is -3.27. The van der Waals surface area contributed by atoms with Crippen LogP contribution in [0, 0.1) is 0 Å². The highest BCUT2D eigenvalue weighted by Crippen LogP contribution is 2.33. The Morgan fingerprint density at radius 2 is 1.92 bits per heavy atom. The van der Waals surface area contributed by atoms with Crippen LogP contribution in [0.15, 0.2) is 30.5 Å². The molecule has 0 fully saturated rings. The first-order valence-electron chi connectivity index (χ1n) is 7.60. The Labute approximate surface area is 151 Å². The molecule has 0 saturated carbocycles. The van der Waals surface area contributed by atoms with Gasteiger partial charge in [0.2, 0.25) is 5.91 Å². The number of halogens is 3. The largest absolute Gasteiger partial charge is 0.478 e. The summed E-state index contributed by atoms with van der Waals surface area (Å²) in [4.78, 5) is 22.7. The van der Waals surface area contributed by atoms with E-state index in [9.17, 15) is 22.8 Å². The molecule has 26 heavy (non-hydrogen) atoms. The number of thioether (sulfide) groups is 1. The molecule has 2 N–H and O–H groups in total. The summed E-state index contributed by atoms with van der Waals surface area (Å²) >= 11 is 1.48. The first-order chi connectivity index (χ1) is 12.2. The van der Waals surface area contributed by atoms with Crippen molar-refractivity contribution in [2.45, 2.75) is 19.5 Å². The summed E-state index contributed by atoms with van der Waals surface area (Å²) in [6.45, 7) is 2.00. The normalized spacial score (nSPS) is 11.4. The van der Waals surface area contributed by atoms with Crippen LogP contribution in [0.2, 0.25) is 0 Å². The van der Waals surface area contributed by atoms with E-state index in [0.717, 1.165) is 12.2 Å². The second-order valence-corrected chi connectivity index (χ2v) is 6.37. The van der Waals surface area contributed by atoms with Crippen LogP contribution >= 0.6 is 11.8 Å². The van der Waals surface area contributed by atoms with Crippen LogP contribution in [0.4, 0.5) is 18.9 Å². The second kappa shape index (κ2) is 8.26. The number of alkyl halides is 3. The monoisotopic (exact) mass is 387 g/mol. The number of hydrogen-bond donors (Lipinski definition) is 2. The van der Waals surface area contributed by atoms with Gasteiger partial charge in [-0.2, -0.15) is 30.0 Å². The molecule has 2 aromatic rings. The number of aromatic carboxylic acids is 1. The van der Waals surface area contributed by atoms with Gasteiger partial charge < -0.3 is 10.4 Å². The predicted molar refractivity (Wildman–Crippen MR) is 91.8 cm³/mol. The van der Waals surface area contributed by atoms with Crippen molar-refractivity contribution < 1.29 is 27.9 Å². The minimum atomic E-state index is -4.88. The molecular formula is C16H16F3N3O3S. The summed E-state index contributed by atoms with van der Waals surface area (Å²) < 4.78 is 40.1. The molecule has 10 heteroatoms. The van der Waals surface area contributed by atoms with Crippen molar-refractivity contribution in [1.29, 1.82) is 0 Å². The van der Waals surface area contributed by atoms with Gasteiger partial charge in [0.1, 0.15) is 5.56 Å². The molecule has 1 amide bonds. The number of nitrogens with one attached hydrogen (secondary N) is 1. The number of carboxylic acid groups (broad SMARTS) is 1. The number of hydrogen-bond acceptors (Lipinski definition) is 4. The zero-order valence-electron chi connectivity index (χ0n) is 13.7. The maximum absolute atomic E-state index is 13.2. The minimum Gasteiger partial charge on any atom is -0.478 e. The fourth-order valence-corrected chi connectivity index (χ4v) is 2.86. The number of aromatic nitrogens is 2. The molecule has 2 rings (SSSR count). The van der Waals surface area contributed by atoms with Crippen LogP contribution in [0.1, 0.15) is 29.4 Å². The first kappa shape index (κ1) is 19.8. The summed E-state index contributed by atoms with van der Waals surface area (Å²) in [5.74, 6) is -0.774. The fourth-order valence-electron chi connectivity index (χ4n) is 2.17. The molecule has 0 aliphatic rings. The van der Waals surface area contributed by atoms with Crippen LogP contribution in [0.5, 0.6) is 0 Å². The lowest BCUT2D eigenvalue weighted by Gasteiger charge is -2.12. The molecule has 0 spiro atoms. The van der Waals surface area contributed by atoms with Gasteiger partial charge in [-0.15, -0.1) is 0 Å². The van der Waals surface area contributed by atoms with Crippen LogP contribution in [0.25, 0.3) is 5.69 Å². The molecule has 0 radical (unpaired) electrons. The molecule has 0 saturated heterocycles. The van der Waals surface area contributed by atoms with E-state index in [-0.39, 0.29) is 17.3 Å². The van der Waals surface area contributed by atoms with E-state index in [2.05, 4.69) is 10.4 Å². The Hall–Kier alpha value is -2.49. The van der Waals surface area contributed by atoms with E-state index in [1.54, 1.807) is 0 Å². The summed E-state index contributed by atoms with van der Waals surface area (Å²) in [7, 11) is 0. The van der Waals surface area contributed by atoms with Gasteiger partial charge >= 0.3 is 12.1 Å². The van der Waals surface area contributed by atoms with Gasteiger partial charge in [-0.25, -0.2) is 9.48 Å². The molecular weight excluding hydrogens is 371 g/mol. The number of carbonyl (C=O) groups is 2. The lowest BCUT2D eigenvalue weighted by atomic mass is 10.2. The maximum atomic E-state index is 13.2. The molecule has 6 nitrogen and oxygen atoms in total. The van der Waals surface area contributed by atoms with Crippen molar-refractivity contribution in [2.24, 2.45) is 0 Å². The lowest BCUT2D eigenvalue weighted by molar-refractivity contribution is -0.143. The highest BCUT2D eigenvalue weighted by atomic mass is 32.2. The Kier molecular flexibility index (Phi) is 6.30. The van der Waals surface area contributed by atoms with Crippen LogP contribution in [-0.2, 0) is 11.0 Å². The number of amides is 1. The summed E-state index contributed by atoms with van der Waals surface area (Å²) in [5.41, 5.74) is -1.83. The average Bonchev–Trinajstić information content (AvgIpc) is 3.01. The van der Waals surface area contributed by atoms with Crippen LogP contribution < -0.4 is 5.32 Å². The summed E-state index contributed by atoms with van der Waals surface area (Å²) in [6, 6.07) is 5.51. The molecule has 1 aromatic carbocycles. The maximum Gasteiger partial charge on any atom is 0.434 e. The lowest BCUT2D eigenvalue weighted by Crippen LogP contribution is -2.17. The minimum absolute atomic E-state index is 0.0307. The number of rotatable bonds is 7. The Morgan fingerprint density at radius 1 is 1.27 bits per heavy atom. The third kappa shape index (κ3) is 4.78. The van der Waals surface area contributed by atoms with Gasteiger partial charge in [-0.3, -0.25) is 4.79 Å². The molecule has 0 bridgehead atoms. The number of anilines is 1. The first-order valence-corrected chi connectivity index (χ1v) is 8.76.